The number of aryl methyl sites for hydroxylation is 1. The van der Waals surface area contributed by atoms with E-state index in [0.717, 1.165) is 11.4 Å². The number of aromatic nitrogens is 2. The second kappa shape index (κ2) is 6.14. The zero-order valence-electron chi connectivity index (χ0n) is 10.9. The molecule has 17 heavy (non-hydrogen) atoms. The lowest BCUT2D eigenvalue weighted by atomic mass is 10.2. The molecule has 3 atom stereocenters. The molecule has 5 nitrogen and oxygen atoms in total. The summed E-state index contributed by atoms with van der Waals surface area (Å²) >= 11 is 0. The standard InChI is InChI=1S/C10H16N2O3.C2H6/c1-6-7(2)12(5-11-6)10-3-8(14)9(4-13)15-10;1-2/h5,8-10,13-14H,3-4H2,1-2H3;1-2H3. The van der Waals surface area contributed by atoms with Crippen molar-refractivity contribution in [1.29, 1.82) is 0 Å². The molecule has 0 saturated carbocycles. The van der Waals surface area contributed by atoms with Gasteiger partial charge in [0.05, 0.1) is 24.7 Å². The van der Waals surface area contributed by atoms with Gasteiger partial charge in [-0.1, -0.05) is 13.8 Å². The summed E-state index contributed by atoms with van der Waals surface area (Å²) in [7, 11) is 0. The van der Waals surface area contributed by atoms with Crippen molar-refractivity contribution >= 4 is 0 Å². The fraction of sp³-hybridized carbons (Fsp3) is 0.750. The molecule has 2 N–H and O–H groups in total. The molecule has 0 aromatic carbocycles. The minimum atomic E-state index is -0.595. The monoisotopic (exact) mass is 242 g/mol. The van der Waals surface area contributed by atoms with Crippen LogP contribution in [0.25, 0.3) is 0 Å². The lowest BCUT2D eigenvalue weighted by molar-refractivity contribution is -0.0449. The van der Waals surface area contributed by atoms with Crippen molar-refractivity contribution < 1.29 is 14.9 Å². The lowest BCUT2D eigenvalue weighted by Gasteiger charge is -2.14. The third-order valence-electron chi connectivity index (χ3n) is 2.98. The normalized spacial score (nSPS) is 27.8. The molecule has 2 heterocycles. The van der Waals surface area contributed by atoms with Crippen LogP contribution >= 0.6 is 0 Å². The molecule has 1 aliphatic rings. The van der Waals surface area contributed by atoms with Crippen LogP contribution in [-0.2, 0) is 4.74 Å². The number of aliphatic hydroxyl groups excluding tert-OH is 2. The van der Waals surface area contributed by atoms with E-state index in [4.69, 9.17) is 9.84 Å². The zero-order chi connectivity index (χ0) is 13.0. The Morgan fingerprint density at radius 3 is 2.53 bits per heavy atom. The number of hydrogen-bond acceptors (Lipinski definition) is 4. The second-order valence-corrected chi connectivity index (χ2v) is 3.94. The SMILES string of the molecule is CC.Cc1ncn(C2CC(O)C(CO)O2)c1C. The molecule has 5 heteroatoms. The van der Waals surface area contributed by atoms with Gasteiger partial charge in [-0.05, 0) is 13.8 Å². The van der Waals surface area contributed by atoms with Gasteiger partial charge in [-0.25, -0.2) is 4.98 Å². The van der Waals surface area contributed by atoms with Gasteiger partial charge in [-0.15, -0.1) is 0 Å². The summed E-state index contributed by atoms with van der Waals surface area (Å²) in [6.07, 6.45) is 0.932. The number of rotatable bonds is 2. The van der Waals surface area contributed by atoms with Crippen molar-refractivity contribution in [2.24, 2.45) is 0 Å². The van der Waals surface area contributed by atoms with Crippen LogP contribution in [0.5, 0.6) is 0 Å². The van der Waals surface area contributed by atoms with Gasteiger partial charge >= 0.3 is 0 Å². The molecule has 1 aliphatic heterocycles. The highest BCUT2D eigenvalue weighted by Gasteiger charge is 2.34. The first kappa shape index (κ1) is 14.2. The predicted molar refractivity (Wildman–Crippen MR) is 64.7 cm³/mol. The number of ether oxygens (including phenoxy) is 1. The van der Waals surface area contributed by atoms with Gasteiger partial charge in [0.25, 0.3) is 0 Å². The van der Waals surface area contributed by atoms with Crippen LogP contribution in [0.1, 0.15) is 37.9 Å². The minimum Gasteiger partial charge on any atom is -0.394 e. The van der Waals surface area contributed by atoms with Gasteiger partial charge < -0.3 is 19.5 Å². The van der Waals surface area contributed by atoms with Gasteiger partial charge in [-0.3, -0.25) is 0 Å². The first-order valence-corrected chi connectivity index (χ1v) is 6.08. The highest BCUT2D eigenvalue weighted by atomic mass is 16.5. The van der Waals surface area contributed by atoms with Gasteiger partial charge in [0, 0.05) is 12.1 Å². The Morgan fingerprint density at radius 2 is 2.12 bits per heavy atom. The van der Waals surface area contributed by atoms with Crippen molar-refractivity contribution in [2.45, 2.75) is 52.6 Å². The van der Waals surface area contributed by atoms with E-state index in [1.54, 1.807) is 6.33 Å². The van der Waals surface area contributed by atoms with E-state index in [0.29, 0.717) is 6.42 Å². The van der Waals surface area contributed by atoms with Crippen molar-refractivity contribution in [3.8, 4) is 0 Å². The summed E-state index contributed by atoms with van der Waals surface area (Å²) in [6, 6.07) is 0. The van der Waals surface area contributed by atoms with Crippen LogP contribution in [0.15, 0.2) is 6.33 Å². The fourth-order valence-corrected chi connectivity index (χ4v) is 1.86. The molecular weight excluding hydrogens is 220 g/mol. The van der Waals surface area contributed by atoms with Crippen molar-refractivity contribution in [3.63, 3.8) is 0 Å². The third kappa shape index (κ3) is 2.86. The van der Waals surface area contributed by atoms with Crippen LogP contribution in [0.2, 0.25) is 0 Å². The molecule has 98 valence electrons. The zero-order valence-corrected chi connectivity index (χ0v) is 10.9. The average molecular weight is 242 g/mol. The van der Waals surface area contributed by atoms with Crippen LogP contribution < -0.4 is 0 Å². The Morgan fingerprint density at radius 1 is 1.47 bits per heavy atom. The predicted octanol–water partition coefficient (Wildman–Crippen LogP) is 1.17. The molecule has 0 spiro atoms. The van der Waals surface area contributed by atoms with E-state index in [9.17, 15) is 5.11 Å². The number of hydrogen-bond donors (Lipinski definition) is 2. The van der Waals surface area contributed by atoms with Gasteiger partial charge in [0.1, 0.15) is 12.3 Å². The molecule has 1 saturated heterocycles. The van der Waals surface area contributed by atoms with E-state index >= 15 is 0 Å². The van der Waals surface area contributed by atoms with Crippen LogP contribution in [0.3, 0.4) is 0 Å². The Bertz CT molecular complexity index is 352. The summed E-state index contributed by atoms with van der Waals surface area (Å²) < 4.78 is 7.42. The highest BCUT2D eigenvalue weighted by molar-refractivity contribution is 5.09. The molecule has 1 fully saturated rings. The molecule has 1 aromatic heterocycles. The molecular formula is C12H22N2O3. The molecule has 2 rings (SSSR count). The van der Waals surface area contributed by atoms with Crippen LogP contribution in [0, 0.1) is 13.8 Å². The maximum atomic E-state index is 9.60. The molecule has 0 aliphatic carbocycles. The van der Waals surface area contributed by atoms with Crippen LogP contribution in [-0.4, -0.2) is 38.6 Å². The van der Waals surface area contributed by atoms with E-state index < -0.39 is 12.2 Å². The molecule has 0 radical (unpaired) electrons. The fourth-order valence-electron chi connectivity index (χ4n) is 1.86. The Kier molecular flexibility index (Phi) is 5.11. The summed E-state index contributed by atoms with van der Waals surface area (Å²) in [5.41, 5.74) is 1.99. The van der Waals surface area contributed by atoms with E-state index in [2.05, 4.69) is 4.98 Å². The largest absolute Gasteiger partial charge is 0.394 e. The van der Waals surface area contributed by atoms with Gasteiger partial charge in [-0.2, -0.15) is 0 Å². The second-order valence-electron chi connectivity index (χ2n) is 3.94. The third-order valence-corrected chi connectivity index (χ3v) is 2.98. The van der Waals surface area contributed by atoms with Crippen LogP contribution in [0.4, 0.5) is 0 Å². The molecule has 3 unspecified atom stereocenters. The highest BCUT2D eigenvalue weighted by Crippen LogP contribution is 2.29. The topological polar surface area (TPSA) is 67.5 Å². The minimum absolute atomic E-state index is 0.148. The number of aliphatic hydroxyl groups is 2. The van der Waals surface area contributed by atoms with Crippen molar-refractivity contribution in [1.82, 2.24) is 9.55 Å². The smallest absolute Gasteiger partial charge is 0.138 e. The summed E-state index contributed by atoms with van der Waals surface area (Å²) in [4.78, 5) is 4.18. The van der Waals surface area contributed by atoms with E-state index in [1.165, 1.54) is 0 Å². The summed E-state index contributed by atoms with van der Waals surface area (Å²) in [5.74, 6) is 0. The number of imidazole rings is 1. The lowest BCUT2D eigenvalue weighted by Crippen LogP contribution is -2.24. The first-order chi connectivity index (χ1) is 8.13. The van der Waals surface area contributed by atoms with Crippen molar-refractivity contribution in [2.75, 3.05) is 6.61 Å². The van der Waals surface area contributed by atoms with Gasteiger partial charge in [0.15, 0.2) is 0 Å². The molecule has 1 aromatic rings. The maximum Gasteiger partial charge on any atom is 0.138 e. The molecule has 0 bridgehead atoms. The van der Waals surface area contributed by atoms with Crippen molar-refractivity contribution in [3.05, 3.63) is 17.7 Å². The average Bonchev–Trinajstić information content (AvgIpc) is 2.87. The Labute approximate surface area is 102 Å². The molecule has 0 amide bonds. The Balaban J connectivity index is 0.000000686. The Hall–Kier alpha value is -0.910. The summed E-state index contributed by atoms with van der Waals surface area (Å²) in [6.45, 7) is 7.75. The summed E-state index contributed by atoms with van der Waals surface area (Å²) in [5, 5.41) is 18.6. The quantitative estimate of drug-likeness (QED) is 0.817. The number of nitrogens with zero attached hydrogens (tertiary/aromatic N) is 2. The van der Waals surface area contributed by atoms with Gasteiger partial charge in [0.2, 0.25) is 0 Å². The maximum absolute atomic E-state index is 9.60. The van der Waals surface area contributed by atoms with E-state index in [1.807, 2.05) is 32.3 Å². The first-order valence-electron chi connectivity index (χ1n) is 6.08. The van der Waals surface area contributed by atoms with E-state index in [-0.39, 0.29) is 12.8 Å².